The highest BCUT2D eigenvalue weighted by atomic mass is 32.2. The number of nitriles is 1. The van der Waals surface area contributed by atoms with Crippen LogP contribution in [-0.4, -0.2) is 31.2 Å². The lowest BCUT2D eigenvalue weighted by Gasteiger charge is -2.03. The second-order valence-corrected chi connectivity index (χ2v) is 9.69. The molecule has 1 amide bonds. The molecule has 4 aromatic rings. The number of fused-ring (bicyclic) bond motifs is 3. The molecule has 0 atom stereocenters. The SMILES string of the molecule is Cc1sc(NC(=O)CSc2nnc3c4c(C)c(C)sc4ncn23)c(C#N)c1C. The van der Waals surface area contributed by atoms with Crippen LogP contribution in [0, 0.1) is 39.0 Å². The molecule has 0 radical (unpaired) electrons. The van der Waals surface area contributed by atoms with Crippen LogP contribution in [0.2, 0.25) is 0 Å². The number of carbonyl (C=O) groups is 1. The number of carbonyl (C=O) groups excluding carboxylic acids is 1. The van der Waals surface area contributed by atoms with Gasteiger partial charge in [-0.1, -0.05) is 11.8 Å². The fourth-order valence-electron chi connectivity index (χ4n) is 2.87. The highest BCUT2D eigenvalue weighted by molar-refractivity contribution is 7.99. The molecule has 0 saturated carbocycles. The smallest absolute Gasteiger partial charge is 0.235 e. The molecule has 1 N–H and O–H groups in total. The number of anilines is 1. The van der Waals surface area contributed by atoms with E-state index in [2.05, 4.69) is 40.4 Å². The fraction of sp³-hybridized carbons (Fsp3) is 0.278. The van der Waals surface area contributed by atoms with Gasteiger partial charge in [0.1, 0.15) is 22.2 Å². The zero-order valence-electron chi connectivity index (χ0n) is 15.7. The Balaban J connectivity index is 1.55. The Morgan fingerprint density at radius 3 is 2.71 bits per heavy atom. The molecule has 0 aliphatic heterocycles. The van der Waals surface area contributed by atoms with Crippen molar-refractivity contribution in [2.75, 3.05) is 11.1 Å². The summed E-state index contributed by atoms with van der Waals surface area (Å²) in [5.41, 5.74) is 3.36. The van der Waals surface area contributed by atoms with Crippen molar-refractivity contribution in [1.82, 2.24) is 19.6 Å². The van der Waals surface area contributed by atoms with E-state index in [4.69, 9.17) is 0 Å². The number of amides is 1. The predicted octanol–water partition coefficient (Wildman–Crippen LogP) is 4.24. The van der Waals surface area contributed by atoms with Crippen molar-refractivity contribution in [3.63, 3.8) is 0 Å². The van der Waals surface area contributed by atoms with E-state index < -0.39 is 0 Å². The van der Waals surface area contributed by atoms with Gasteiger partial charge in [0, 0.05) is 9.75 Å². The quantitative estimate of drug-likeness (QED) is 0.489. The minimum atomic E-state index is -0.184. The highest BCUT2D eigenvalue weighted by Gasteiger charge is 2.18. The first kappa shape index (κ1) is 18.9. The van der Waals surface area contributed by atoms with Gasteiger partial charge in [-0.2, -0.15) is 5.26 Å². The molecule has 4 aromatic heterocycles. The number of nitrogens with zero attached hydrogens (tertiary/aromatic N) is 5. The van der Waals surface area contributed by atoms with E-state index in [0.29, 0.717) is 15.7 Å². The van der Waals surface area contributed by atoms with Crippen molar-refractivity contribution in [2.45, 2.75) is 32.9 Å². The predicted molar refractivity (Wildman–Crippen MR) is 114 cm³/mol. The number of thiophene rings is 2. The van der Waals surface area contributed by atoms with Crippen LogP contribution in [0.5, 0.6) is 0 Å². The van der Waals surface area contributed by atoms with Crippen molar-refractivity contribution in [3.8, 4) is 6.07 Å². The van der Waals surface area contributed by atoms with Crippen LogP contribution >= 0.6 is 34.4 Å². The van der Waals surface area contributed by atoms with Crippen LogP contribution in [0.4, 0.5) is 5.00 Å². The number of hydrogen-bond acceptors (Lipinski definition) is 8. The number of thioether (sulfide) groups is 1. The zero-order valence-corrected chi connectivity index (χ0v) is 18.1. The molecule has 0 fully saturated rings. The summed E-state index contributed by atoms with van der Waals surface area (Å²) < 4.78 is 1.82. The monoisotopic (exact) mass is 428 g/mol. The first-order valence-corrected chi connectivity index (χ1v) is 11.0. The van der Waals surface area contributed by atoms with Crippen molar-refractivity contribution in [1.29, 1.82) is 5.26 Å². The highest BCUT2D eigenvalue weighted by Crippen LogP contribution is 2.33. The Morgan fingerprint density at radius 2 is 1.96 bits per heavy atom. The number of aromatic nitrogens is 4. The molecule has 0 unspecified atom stereocenters. The molecule has 7 nitrogen and oxygen atoms in total. The summed E-state index contributed by atoms with van der Waals surface area (Å²) in [6.45, 7) is 7.95. The van der Waals surface area contributed by atoms with Gasteiger partial charge in [-0.25, -0.2) is 4.98 Å². The molecule has 28 heavy (non-hydrogen) atoms. The lowest BCUT2D eigenvalue weighted by Crippen LogP contribution is -2.14. The van der Waals surface area contributed by atoms with E-state index in [1.807, 2.05) is 18.2 Å². The summed E-state index contributed by atoms with van der Waals surface area (Å²) in [5, 5.41) is 22.9. The van der Waals surface area contributed by atoms with Gasteiger partial charge in [0.25, 0.3) is 0 Å². The first-order valence-electron chi connectivity index (χ1n) is 8.43. The summed E-state index contributed by atoms with van der Waals surface area (Å²) in [7, 11) is 0. The van der Waals surface area contributed by atoms with Crippen LogP contribution in [0.3, 0.4) is 0 Å². The molecule has 0 aromatic carbocycles. The van der Waals surface area contributed by atoms with Crippen LogP contribution in [-0.2, 0) is 4.79 Å². The molecule has 4 rings (SSSR count). The number of rotatable bonds is 4. The van der Waals surface area contributed by atoms with Crippen molar-refractivity contribution in [3.05, 3.63) is 32.8 Å². The maximum atomic E-state index is 12.4. The molecule has 0 bridgehead atoms. The Morgan fingerprint density at radius 1 is 1.21 bits per heavy atom. The summed E-state index contributed by atoms with van der Waals surface area (Å²) in [4.78, 5) is 20.1. The molecule has 10 heteroatoms. The van der Waals surface area contributed by atoms with Crippen LogP contribution in [0.15, 0.2) is 11.5 Å². The third-order valence-electron chi connectivity index (χ3n) is 4.63. The van der Waals surface area contributed by atoms with Gasteiger partial charge in [0.2, 0.25) is 5.91 Å². The van der Waals surface area contributed by atoms with Gasteiger partial charge in [0.15, 0.2) is 10.8 Å². The Hall–Kier alpha value is -2.48. The molecular weight excluding hydrogens is 412 g/mol. The molecule has 0 aliphatic carbocycles. The van der Waals surface area contributed by atoms with Gasteiger partial charge in [-0.15, -0.1) is 32.9 Å². The van der Waals surface area contributed by atoms with E-state index in [9.17, 15) is 10.1 Å². The Bertz CT molecular complexity index is 1280. The Labute approximate surface area is 173 Å². The molecule has 0 aliphatic rings. The average molecular weight is 429 g/mol. The van der Waals surface area contributed by atoms with Gasteiger partial charge in [-0.3, -0.25) is 9.20 Å². The van der Waals surface area contributed by atoms with Gasteiger partial charge in [-0.05, 0) is 38.8 Å². The third-order valence-corrected chi connectivity index (χ3v) is 7.81. The Kier molecular flexibility index (Phi) is 4.82. The normalized spacial score (nSPS) is 11.2. The topological polar surface area (TPSA) is 96.0 Å². The molecule has 0 saturated heterocycles. The second-order valence-electron chi connectivity index (χ2n) is 6.32. The minimum Gasteiger partial charge on any atom is -0.316 e. The van der Waals surface area contributed by atoms with Gasteiger partial charge in [0.05, 0.1) is 16.7 Å². The maximum Gasteiger partial charge on any atom is 0.235 e. The van der Waals surface area contributed by atoms with Gasteiger partial charge < -0.3 is 5.32 Å². The minimum absolute atomic E-state index is 0.168. The maximum absolute atomic E-state index is 12.4. The van der Waals surface area contributed by atoms with Crippen molar-refractivity contribution < 1.29 is 4.79 Å². The molecule has 4 heterocycles. The number of hydrogen-bond donors (Lipinski definition) is 1. The van der Waals surface area contributed by atoms with Gasteiger partial charge >= 0.3 is 0 Å². The lowest BCUT2D eigenvalue weighted by molar-refractivity contribution is -0.113. The van der Waals surface area contributed by atoms with Crippen LogP contribution < -0.4 is 5.32 Å². The fourth-order valence-corrected chi connectivity index (χ4v) is 5.59. The van der Waals surface area contributed by atoms with Crippen molar-refractivity contribution >= 4 is 61.2 Å². The first-order chi connectivity index (χ1) is 13.4. The summed E-state index contributed by atoms with van der Waals surface area (Å²) in [5.74, 6) is -0.0162. The largest absolute Gasteiger partial charge is 0.316 e. The van der Waals surface area contributed by atoms with Crippen LogP contribution in [0.1, 0.15) is 26.4 Å². The number of nitrogens with one attached hydrogen (secondary N) is 1. The van der Waals surface area contributed by atoms with E-state index in [0.717, 1.165) is 31.9 Å². The van der Waals surface area contributed by atoms with E-state index in [1.54, 1.807) is 17.7 Å². The summed E-state index contributed by atoms with van der Waals surface area (Å²) in [6, 6.07) is 2.16. The zero-order chi connectivity index (χ0) is 20.0. The molecule has 142 valence electrons. The van der Waals surface area contributed by atoms with Crippen LogP contribution in [0.25, 0.3) is 15.9 Å². The average Bonchev–Trinajstić information content (AvgIpc) is 3.28. The van der Waals surface area contributed by atoms with Crippen molar-refractivity contribution in [2.24, 2.45) is 0 Å². The molecular formula is C18H16N6OS3. The second kappa shape index (κ2) is 7.16. The number of aryl methyl sites for hydroxylation is 3. The van der Waals surface area contributed by atoms with E-state index in [-0.39, 0.29) is 11.7 Å². The molecule has 0 spiro atoms. The van der Waals surface area contributed by atoms with E-state index in [1.165, 1.54) is 28.0 Å². The summed E-state index contributed by atoms with van der Waals surface area (Å²) >= 11 is 4.35. The van der Waals surface area contributed by atoms with E-state index >= 15 is 0 Å². The summed E-state index contributed by atoms with van der Waals surface area (Å²) in [6.07, 6.45) is 1.70. The lowest BCUT2D eigenvalue weighted by atomic mass is 10.2. The third kappa shape index (κ3) is 3.05. The standard InChI is InChI=1S/C18H16N6OS3/c1-8-10(3)27-16(12(8)5-19)21-13(25)6-26-18-23-22-15-14-9(2)11(4)28-17(14)20-7-24(15)18/h7H,6H2,1-4H3,(H,21,25).